The number of hydrogen-bond acceptors (Lipinski definition) is 6. The second-order valence-corrected chi connectivity index (χ2v) is 8.69. The first-order valence-electron chi connectivity index (χ1n) is 10.8. The number of hydrazone groups is 1. The summed E-state index contributed by atoms with van der Waals surface area (Å²) >= 11 is 1.64. The number of furan rings is 1. The van der Waals surface area contributed by atoms with Gasteiger partial charge < -0.3 is 14.2 Å². The number of piperazine rings is 1. The normalized spacial score (nSPS) is 19.5. The third-order valence-corrected chi connectivity index (χ3v) is 6.85. The average molecular weight is 444 g/mol. The van der Waals surface area contributed by atoms with Gasteiger partial charge in [-0.2, -0.15) is 5.10 Å². The van der Waals surface area contributed by atoms with E-state index in [1.807, 2.05) is 53.3 Å². The Morgan fingerprint density at radius 3 is 2.55 bits per heavy atom. The van der Waals surface area contributed by atoms with Crippen LogP contribution in [0.1, 0.15) is 36.9 Å². The van der Waals surface area contributed by atoms with Crippen LogP contribution < -0.4 is 0 Å². The highest BCUT2D eigenvalue weighted by atomic mass is 32.1. The van der Waals surface area contributed by atoms with E-state index in [9.17, 15) is 9.59 Å². The summed E-state index contributed by atoms with van der Waals surface area (Å²) in [5, 5.41) is 8.28. The Labute approximate surface area is 186 Å². The van der Waals surface area contributed by atoms with Crippen molar-refractivity contribution in [1.29, 1.82) is 0 Å². The van der Waals surface area contributed by atoms with E-state index in [2.05, 4.69) is 10.0 Å². The molecule has 0 saturated carbocycles. The molecule has 4 heterocycles. The molecule has 0 aromatic carbocycles. The number of amides is 3. The minimum absolute atomic E-state index is 0.0246. The smallest absolute Gasteiger partial charge is 0.320 e. The van der Waals surface area contributed by atoms with E-state index in [0.717, 1.165) is 10.6 Å². The SMILES string of the molecule is CCN(CC)C(=O)N1CCN(CC(=O)N2N=C(c3ccco3)CC2c2cccs2)CC1. The van der Waals surface area contributed by atoms with E-state index in [0.29, 0.717) is 58.0 Å². The van der Waals surface area contributed by atoms with Crippen molar-refractivity contribution < 1.29 is 14.0 Å². The Hall–Kier alpha value is -2.65. The van der Waals surface area contributed by atoms with Crippen LogP contribution in [0.5, 0.6) is 0 Å². The molecular weight excluding hydrogens is 414 g/mol. The van der Waals surface area contributed by atoms with Crippen molar-refractivity contribution in [3.05, 3.63) is 46.5 Å². The van der Waals surface area contributed by atoms with Crippen molar-refractivity contribution >= 4 is 29.0 Å². The Balaban J connectivity index is 1.39. The lowest BCUT2D eigenvalue weighted by molar-refractivity contribution is -0.134. The van der Waals surface area contributed by atoms with E-state index >= 15 is 0 Å². The number of carbonyl (C=O) groups excluding carboxylic acids is 2. The molecule has 166 valence electrons. The Morgan fingerprint density at radius 1 is 1.16 bits per heavy atom. The summed E-state index contributed by atoms with van der Waals surface area (Å²) in [7, 11) is 0. The van der Waals surface area contributed by atoms with Crippen LogP contribution in [0.3, 0.4) is 0 Å². The van der Waals surface area contributed by atoms with Crippen LogP contribution in [0, 0.1) is 0 Å². The summed E-state index contributed by atoms with van der Waals surface area (Å²) in [6.45, 7) is 8.35. The zero-order valence-corrected chi connectivity index (χ0v) is 18.9. The van der Waals surface area contributed by atoms with Crippen molar-refractivity contribution in [1.82, 2.24) is 19.7 Å². The highest BCUT2D eigenvalue weighted by Gasteiger charge is 2.35. The molecule has 9 heteroatoms. The van der Waals surface area contributed by atoms with Gasteiger partial charge in [-0.15, -0.1) is 11.3 Å². The molecule has 4 rings (SSSR count). The molecule has 0 spiro atoms. The molecule has 2 aromatic rings. The number of urea groups is 1. The first kappa shape index (κ1) is 21.6. The van der Waals surface area contributed by atoms with Crippen LogP contribution in [0.4, 0.5) is 4.79 Å². The van der Waals surface area contributed by atoms with Gasteiger partial charge in [-0.25, -0.2) is 9.80 Å². The zero-order valence-electron chi connectivity index (χ0n) is 18.1. The predicted molar refractivity (Wildman–Crippen MR) is 120 cm³/mol. The maximum Gasteiger partial charge on any atom is 0.320 e. The second kappa shape index (κ2) is 9.65. The molecule has 0 bridgehead atoms. The Morgan fingerprint density at radius 2 is 1.94 bits per heavy atom. The molecule has 0 N–H and O–H groups in total. The van der Waals surface area contributed by atoms with Crippen molar-refractivity contribution in [2.45, 2.75) is 26.3 Å². The first-order chi connectivity index (χ1) is 15.1. The van der Waals surface area contributed by atoms with Crippen molar-refractivity contribution in [3.8, 4) is 0 Å². The van der Waals surface area contributed by atoms with Gasteiger partial charge in [-0.1, -0.05) is 6.07 Å². The minimum atomic E-state index is -0.0990. The lowest BCUT2D eigenvalue weighted by Gasteiger charge is -2.37. The first-order valence-corrected chi connectivity index (χ1v) is 11.7. The molecule has 2 aromatic heterocycles. The maximum atomic E-state index is 13.2. The van der Waals surface area contributed by atoms with E-state index in [4.69, 9.17) is 4.42 Å². The monoisotopic (exact) mass is 443 g/mol. The van der Waals surface area contributed by atoms with Gasteiger partial charge in [0.05, 0.1) is 18.8 Å². The summed E-state index contributed by atoms with van der Waals surface area (Å²) in [6, 6.07) is 7.75. The number of carbonyl (C=O) groups is 2. The van der Waals surface area contributed by atoms with Gasteiger partial charge in [0.25, 0.3) is 5.91 Å². The van der Waals surface area contributed by atoms with Crippen LogP contribution in [0.2, 0.25) is 0 Å². The largest absolute Gasteiger partial charge is 0.463 e. The molecule has 3 amide bonds. The van der Waals surface area contributed by atoms with E-state index in [1.165, 1.54) is 0 Å². The summed E-state index contributed by atoms with van der Waals surface area (Å²) in [5.41, 5.74) is 0.798. The summed E-state index contributed by atoms with van der Waals surface area (Å²) in [5.74, 6) is 0.684. The quantitative estimate of drug-likeness (QED) is 0.688. The van der Waals surface area contributed by atoms with Gasteiger partial charge in [-0.3, -0.25) is 9.69 Å². The number of thiophene rings is 1. The van der Waals surface area contributed by atoms with Gasteiger partial charge in [0.2, 0.25) is 0 Å². The fourth-order valence-corrected chi connectivity index (χ4v) is 4.90. The topological polar surface area (TPSA) is 72.6 Å². The molecular formula is C22H29N5O3S. The standard InChI is InChI=1S/C22H29N5O3S/c1-3-25(4-2)22(29)26-11-9-24(10-12-26)16-21(28)27-18(20-8-6-14-31-20)15-17(23-27)19-7-5-13-30-19/h5-8,13-14,18H,3-4,9-12,15-16H2,1-2H3. The van der Waals surface area contributed by atoms with Gasteiger partial charge in [0.1, 0.15) is 11.5 Å². The van der Waals surface area contributed by atoms with Crippen molar-refractivity contribution in [2.24, 2.45) is 5.10 Å². The molecule has 1 unspecified atom stereocenters. The number of hydrogen-bond donors (Lipinski definition) is 0. The molecule has 31 heavy (non-hydrogen) atoms. The molecule has 0 radical (unpaired) electrons. The number of nitrogens with zero attached hydrogens (tertiary/aromatic N) is 5. The highest BCUT2D eigenvalue weighted by Crippen LogP contribution is 2.35. The lowest BCUT2D eigenvalue weighted by atomic mass is 10.1. The third kappa shape index (κ3) is 4.67. The fourth-order valence-electron chi connectivity index (χ4n) is 4.09. The lowest BCUT2D eigenvalue weighted by Crippen LogP contribution is -2.54. The van der Waals surface area contributed by atoms with Crippen LogP contribution in [0.25, 0.3) is 0 Å². The minimum Gasteiger partial charge on any atom is -0.463 e. The van der Waals surface area contributed by atoms with Crippen LogP contribution in [0.15, 0.2) is 45.4 Å². The molecule has 2 aliphatic heterocycles. The Kier molecular flexibility index (Phi) is 6.72. The van der Waals surface area contributed by atoms with Gasteiger partial charge >= 0.3 is 6.03 Å². The molecule has 0 aliphatic carbocycles. The summed E-state index contributed by atoms with van der Waals surface area (Å²) in [4.78, 5) is 32.7. The zero-order chi connectivity index (χ0) is 21.8. The van der Waals surface area contributed by atoms with Crippen LogP contribution >= 0.6 is 11.3 Å². The van der Waals surface area contributed by atoms with Crippen LogP contribution in [-0.2, 0) is 4.79 Å². The van der Waals surface area contributed by atoms with E-state index in [-0.39, 0.29) is 18.0 Å². The fraction of sp³-hybridized carbons (Fsp3) is 0.500. The average Bonchev–Trinajstić information content (AvgIpc) is 3.56. The predicted octanol–water partition coefficient (Wildman–Crippen LogP) is 3.10. The van der Waals surface area contributed by atoms with Gasteiger partial charge in [-0.05, 0) is 37.4 Å². The van der Waals surface area contributed by atoms with Crippen molar-refractivity contribution in [2.75, 3.05) is 45.8 Å². The molecule has 1 fully saturated rings. The molecule has 8 nitrogen and oxygen atoms in total. The molecule has 1 atom stereocenters. The van der Waals surface area contributed by atoms with Crippen LogP contribution in [-0.4, -0.2) is 83.2 Å². The van der Waals surface area contributed by atoms with Gasteiger partial charge in [0.15, 0.2) is 0 Å². The highest BCUT2D eigenvalue weighted by molar-refractivity contribution is 7.10. The summed E-state index contributed by atoms with van der Waals surface area (Å²) in [6.07, 6.45) is 2.27. The van der Waals surface area contributed by atoms with E-state index in [1.54, 1.807) is 22.6 Å². The second-order valence-electron chi connectivity index (χ2n) is 7.72. The summed E-state index contributed by atoms with van der Waals surface area (Å²) < 4.78 is 5.52. The Bertz CT molecular complexity index is 900. The van der Waals surface area contributed by atoms with E-state index < -0.39 is 0 Å². The molecule has 1 saturated heterocycles. The number of rotatable bonds is 6. The molecule has 2 aliphatic rings. The van der Waals surface area contributed by atoms with Gasteiger partial charge in [0, 0.05) is 50.6 Å². The maximum absolute atomic E-state index is 13.2. The third-order valence-electron chi connectivity index (χ3n) is 5.88. The van der Waals surface area contributed by atoms with Crippen molar-refractivity contribution in [3.63, 3.8) is 0 Å².